The first-order chi connectivity index (χ1) is 12.8. The smallest absolute Gasteiger partial charge is 0.247 e. The second-order valence-electron chi connectivity index (χ2n) is 5.79. The summed E-state index contributed by atoms with van der Waals surface area (Å²) in [5.41, 5.74) is 0.764. The molecule has 8 heteroatoms. The van der Waals surface area contributed by atoms with Crippen LogP contribution in [0.25, 0.3) is 6.08 Å². The summed E-state index contributed by atoms with van der Waals surface area (Å²) in [6.45, 7) is 0.694. The number of likely N-dealkylation sites (tertiary alicyclic amines) is 1. The first-order valence-corrected chi connectivity index (χ1v) is 9.19. The van der Waals surface area contributed by atoms with Gasteiger partial charge in [0.1, 0.15) is 11.5 Å². The van der Waals surface area contributed by atoms with Gasteiger partial charge in [-0.25, -0.2) is 9.97 Å². The quantitative estimate of drug-likeness (QED) is 0.693. The highest BCUT2D eigenvalue weighted by Gasteiger charge is 2.32. The van der Waals surface area contributed by atoms with Gasteiger partial charge >= 0.3 is 0 Å². The van der Waals surface area contributed by atoms with Crippen molar-refractivity contribution in [3.05, 3.63) is 59.9 Å². The number of aromatic nitrogens is 3. The molecule has 1 saturated heterocycles. The molecule has 4 heterocycles. The largest absolute Gasteiger partial charge is 0.465 e. The first-order valence-electron chi connectivity index (χ1n) is 8.31. The zero-order valence-corrected chi connectivity index (χ0v) is 14.7. The van der Waals surface area contributed by atoms with Gasteiger partial charge in [0.05, 0.1) is 12.3 Å². The predicted octanol–water partition coefficient (Wildman–Crippen LogP) is 3.65. The van der Waals surface area contributed by atoms with Crippen molar-refractivity contribution in [3.63, 3.8) is 0 Å². The number of thiazole rings is 1. The van der Waals surface area contributed by atoms with Crippen molar-refractivity contribution in [1.29, 1.82) is 0 Å². The summed E-state index contributed by atoms with van der Waals surface area (Å²) in [4.78, 5) is 27.6. The van der Waals surface area contributed by atoms with Gasteiger partial charge in [-0.2, -0.15) is 0 Å². The van der Waals surface area contributed by atoms with E-state index >= 15 is 0 Å². The molecule has 1 aliphatic rings. The van der Waals surface area contributed by atoms with Crippen molar-refractivity contribution < 1.29 is 9.21 Å². The van der Waals surface area contributed by atoms with Crippen LogP contribution < -0.4 is 5.32 Å². The van der Waals surface area contributed by atoms with E-state index in [1.54, 1.807) is 43.1 Å². The zero-order valence-electron chi connectivity index (χ0n) is 13.9. The van der Waals surface area contributed by atoms with Crippen LogP contribution in [0.5, 0.6) is 0 Å². The molecule has 0 spiro atoms. The van der Waals surface area contributed by atoms with Gasteiger partial charge in [-0.15, -0.1) is 11.3 Å². The lowest BCUT2D eigenvalue weighted by atomic mass is 10.1. The molecule has 1 aliphatic heterocycles. The summed E-state index contributed by atoms with van der Waals surface area (Å²) < 4.78 is 5.24. The maximum absolute atomic E-state index is 12.7. The molecule has 1 fully saturated rings. The van der Waals surface area contributed by atoms with E-state index in [2.05, 4.69) is 20.3 Å². The topological polar surface area (TPSA) is 84.2 Å². The van der Waals surface area contributed by atoms with Gasteiger partial charge < -0.3 is 14.6 Å². The lowest BCUT2D eigenvalue weighted by Crippen LogP contribution is -2.30. The second-order valence-corrected chi connectivity index (χ2v) is 6.69. The number of carbonyl (C=O) groups excluding carboxylic acids is 1. The van der Waals surface area contributed by atoms with E-state index in [4.69, 9.17) is 4.42 Å². The summed E-state index contributed by atoms with van der Waals surface area (Å²) in [6.07, 6.45) is 11.6. The van der Waals surface area contributed by atoms with Gasteiger partial charge in [0, 0.05) is 36.6 Å². The fraction of sp³-hybridized carbons (Fsp3) is 0.222. The highest BCUT2D eigenvalue weighted by molar-refractivity contribution is 7.13. The van der Waals surface area contributed by atoms with Crippen molar-refractivity contribution in [2.24, 2.45) is 0 Å². The van der Waals surface area contributed by atoms with Crippen LogP contribution in [0.4, 0.5) is 10.9 Å². The molecule has 0 bridgehead atoms. The van der Waals surface area contributed by atoms with Crippen molar-refractivity contribution >= 4 is 34.3 Å². The molecular weight excluding hydrogens is 350 g/mol. The van der Waals surface area contributed by atoms with E-state index < -0.39 is 0 Å². The van der Waals surface area contributed by atoms with Crippen LogP contribution >= 0.6 is 11.3 Å². The molecule has 26 heavy (non-hydrogen) atoms. The number of amides is 1. The minimum absolute atomic E-state index is 0.0604. The van der Waals surface area contributed by atoms with Crippen LogP contribution in [0, 0.1) is 0 Å². The number of rotatable bonds is 5. The lowest BCUT2D eigenvalue weighted by molar-refractivity contribution is -0.126. The highest BCUT2D eigenvalue weighted by atomic mass is 32.1. The van der Waals surface area contributed by atoms with E-state index in [9.17, 15) is 4.79 Å². The Morgan fingerprint density at radius 1 is 1.31 bits per heavy atom. The van der Waals surface area contributed by atoms with E-state index in [1.165, 1.54) is 11.3 Å². The van der Waals surface area contributed by atoms with Crippen molar-refractivity contribution in [2.45, 2.75) is 18.9 Å². The number of anilines is 2. The van der Waals surface area contributed by atoms with Crippen molar-refractivity contribution in [1.82, 2.24) is 19.9 Å². The predicted molar refractivity (Wildman–Crippen MR) is 98.9 cm³/mol. The maximum Gasteiger partial charge on any atom is 0.247 e. The molecule has 0 aliphatic carbocycles. The summed E-state index contributed by atoms with van der Waals surface area (Å²) in [6, 6.07) is 3.49. The monoisotopic (exact) mass is 367 g/mol. The van der Waals surface area contributed by atoms with E-state index in [1.807, 2.05) is 16.3 Å². The van der Waals surface area contributed by atoms with Crippen LogP contribution in [-0.2, 0) is 4.79 Å². The van der Waals surface area contributed by atoms with Crippen LogP contribution in [0.3, 0.4) is 0 Å². The molecule has 0 aromatic carbocycles. The van der Waals surface area contributed by atoms with Gasteiger partial charge in [-0.1, -0.05) is 0 Å². The first kappa shape index (κ1) is 16.5. The van der Waals surface area contributed by atoms with Gasteiger partial charge in [-0.3, -0.25) is 9.78 Å². The molecule has 7 nitrogen and oxygen atoms in total. The molecule has 1 atom stereocenters. The van der Waals surface area contributed by atoms with E-state index in [0.717, 1.165) is 23.7 Å². The Balaban J connectivity index is 1.56. The minimum atomic E-state index is -0.111. The molecular formula is C18H17N5O2S. The fourth-order valence-electron chi connectivity index (χ4n) is 3.03. The highest BCUT2D eigenvalue weighted by Crippen LogP contribution is 2.35. The fourth-order valence-corrected chi connectivity index (χ4v) is 3.55. The Hall–Kier alpha value is -3.00. The van der Waals surface area contributed by atoms with Crippen molar-refractivity contribution in [2.75, 3.05) is 11.9 Å². The van der Waals surface area contributed by atoms with Crippen molar-refractivity contribution in [3.8, 4) is 0 Å². The number of hydrogen-bond donors (Lipinski definition) is 1. The summed E-state index contributed by atoms with van der Waals surface area (Å²) in [7, 11) is 0. The molecule has 0 saturated carbocycles. The molecule has 4 rings (SSSR count). The molecule has 3 aromatic heterocycles. The van der Waals surface area contributed by atoms with Crippen LogP contribution in [0.2, 0.25) is 0 Å². The van der Waals surface area contributed by atoms with Crippen LogP contribution in [0.1, 0.15) is 30.3 Å². The third-order valence-electron chi connectivity index (χ3n) is 4.17. The normalized spacial score (nSPS) is 17.1. The zero-order chi connectivity index (χ0) is 17.8. The number of hydrogen-bond acceptors (Lipinski definition) is 7. The van der Waals surface area contributed by atoms with Gasteiger partial charge in [-0.05, 0) is 31.1 Å². The summed E-state index contributed by atoms with van der Waals surface area (Å²) in [5, 5.41) is 5.85. The van der Waals surface area contributed by atoms with Crippen LogP contribution in [-0.4, -0.2) is 32.3 Å². The average Bonchev–Trinajstić information content (AvgIpc) is 3.42. The molecule has 1 unspecified atom stereocenters. The Kier molecular flexibility index (Phi) is 4.74. The summed E-state index contributed by atoms with van der Waals surface area (Å²) >= 11 is 1.49. The number of furan rings is 1. The summed E-state index contributed by atoms with van der Waals surface area (Å²) in [5.74, 6) is 1.23. The van der Waals surface area contributed by atoms with Gasteiger partial charge in [0.25, 0.3) is 0 Å². The third kappa shape index (κ3) is 3.50. The molecule has 3 aromatic rings. The standard InChI is InChI=1S/C18H17N5O2S/c24-15(6-5-13-3-2-11-25-13)23-10-1-4-14(23)16-17(20-8-7-19-16)22-18-21-9-12-26-18/h2-3,5-9,11-12,14H,1,4,10H2,(H,20,21,22)/b6-5+. The molecule has 1 amide bonds. The molecule has 1 N–H and O–H groups in total. The SMILES string of the molecule is O=C(/C=C/c1ccco1)N1CCCC1c1nccnc1Nc1nccs1. The van der Waals surface area contributed by atoms with Gasteiger partial charge in [0.15, 0.2) is 10.9 Å². The minimum Gasteiger partial charge on any atom is -0.465 e. The Morgan fingerprint density at radius 2 is 2.23 bits per heavy atom. The molecule has 0 radical (unpaired) electrons. The van der Waals surface area contributed by atoms with Gasteiger partial charge in [0.2, 0.25) is 5.91 Å². The Labute approximate surface area is 154 Å². The van der Waals surface area contributed by atoms with E-state index in [-0.39, 0.29) is 11.9 Å². The number of nitrogens with one attached hydrogen (secondary N) is 1. The Bertz CT molecular complexity index is 892. The van der Waals surface area contributed by atoms with E-state index in [0.29, 0.717) is 18.1 Å². The number of nitrogens with zero attached hydrogens (tertiary/aromatic N) is 4. The average molecular weight is 367 g/mol. The lowest BCUT2D eigenvalue weighted by Gasteiger charge is -2.24. The molecule has 132 valence electrons. The maximum atomic E-state index is 12.7. The third-order valence-corrected chi connectivity index (χ3v) is 4.86. The van der Waals surface area contributed by atoms with Crippen LogP contribution in [0.15, 0.2) is 52.9 Å². The number of carbonyl (C=O) groups is 1. The second kappa shape index (κ2) is 7.49. The Morgan fingerprint density at radius 3 is 3.04 bits per heavy atom.